The highest BCUT2D eigenvalue weighted by atomic mass is 16.5. The van der Waals surface area contributed by atoms with Crippen LogP contribution in [-0.4, -0.2) is 12.3 Å². The monoisotopic (exact) mass is 260 g/mol. The van der Waals surface area contributed by atoms with E-state index in [4.69, 9.17) is 15.0 Å². The summed E-state index contributed by atoms with van der Waals surface area (Å²) in [7, 11) is 1.64. The number of anilines is 1. The second-order valence-corrected chi connectivity index (χ2v) is 5.80. The Kier molecular flexibility index (Phi) is 3.51. The van der Waals surface area contributed by atoms with Crippen LogP contribution in [0.25, 0.3) is 11.1 Å². The van der Waals surface area contributed by atoms with Gasteiger partial charge in [0, 0.05) is 12.0 Å². The first kappa shape index (κ1) is 13.5. The van der Waals surface area contributed by atoms with E-state index >= 15 is 0 Å². The van der Waals surface area contributed by atoms with Crippen molar-refractivity contribution in [3.8, 4) is 16.9 Å². The highest BCUT2D eigenvalue weighted by molar-refractivity contribution is 5.80. The first-order valence-corrected chi connectivity index (χ1v) is 6.30. The van der Waals surface area contributed by atoms with Gasteiger partial charge in [-0.1, -0.05) is 44.1 Å². The van der Waals surface area contributed by atoms with E-state index in [0.29, 0.717) is 5.82 Å². The van der Waals surface area contributed by atoms with Crippen LogP contribution < -0.4 is 10.5 Å². The van der Waals surface area contributed by atoms with Crippen molar-refractivity contribution in [3.63, 3.8) is 0 Å². The van der Waals surface area contributed by atoms with Gasteiger partial charge in [-0.15, -0.1) is 0 Å². The van der Waals surface area contributed by atoms with Gasteiger partial charge in [-0.25, -0.2) is 0 Å². The minimum atomic E-state index is 0.0999. The number of nitrogens with zero attached hydrogens (tertiary/aromatic N) is 1. The molecule has 0 aliphatic heterocycles. The third kappa shape index (κ3) is 2.89. The van der Waals surface area contributed by atoms with Crippen molar-refractivity contribution in [1.82, 2.24) is 5.16 Å². The van der Waals surface area contributed by atoms with Gasteiger partial charge < -0.3 is 15.0 Å². The summed E-state index contributed by atoms with van der Waals surface area (Å²) >= 11 is 0. The van der Waals surface area contributed by atoms with Crippen LogP contribution in [0.4, 0.5) is 5.82 Å². The second-order valence-electron chi connectivity index (χ2n) is 5.80. The molecule has 0 aliphatic carbocycles. The van der Waals surface area contributed by atoms with Crippen LogP contribution in [0.1, 0.15) is 26.5 Å². The maximum atomic E-state index is 5.96. The highest BCUT2D eigenvalue weighted by Gasteiger charge is 2.23. The van der Waals surface area contributed by atoms with E-state index in [2.05, 4.69) is 25.9 Å². The summed E-state index contributed by atoms with van der Waals surface area (Å²) in [4.78, 5) is 0. The standard InChI is InChI=1S/C15H20N2O2/c1-15(2,3)9-12-13(14(16)17-19-12)10-7-5-6-8-11(10)18-4/h5-8H,9H2,1-4H3,(H2,16,17). The number of nitrogens with two attached hydrogens (primary N) is 1. The maximum Gasteiger partial charge on any atom is 0.175 e. The summed E-state index contributed by atoms with van der Waals surface area (Å²) in [5.41, 5.74) is 7.81. The lowest BCUT2D eigenvalue weighted by molar-refractivity contribution is 0.322. The molecule has 0 aliphatic rings. The molecule has 19 heavy (non-hydrogen) atoms. The van der Waals surface area contributed by atoms with Crippen molar-refractivity contribution < 1.29 is 9.26 Å². The smallest absolute Gasteiger partial charge is 0.175 e. The van der Waals surface area contributed by atoms with Crippen LogP contribution >= 0.6 is 0 Å². The van der Waals surface area contributed by atoms with Gasteiger partial charge in [0.2, 0.25) is 0 Å². The average molecular weight is 260 g/mol. The van der Waals surface area contributed by atoms with Crippen LogP contribution in [0.2, 0.25) is 0 Å². The Balaban J connectivity index is 2.52. The van der Waals surface area contributed by atoms with Crippen molar-refractivity contribution in [2.24, 2.45) is 5.41 Å². The molecule has 0 amide bonds. The first-order chi connectivity index (χ1) is 8.92. The predicted octanol–water partition coefficient (Wildman–Crippen LogP) is 3.52. The summed E-state index contributed by atoms with van der Waals surface area (Å²) in [5.74, 6) is 1.98. The molecular formula is C15H20N2O2. The molecule has 102 valence electrons. The zero-order chi connectivity index (χ0) is 14.0. The lowest BCUT2D eigenvalue weighted by atomic mass is 9.88. The molecule has 0 radical (unpaired) electrons. The topological polar surface area (TPSA) is 61.3 Å². The molecule has 1 heterocycles. The van der Waals surface area contributed by atoms with Gasteiger partial charge in [-0.3, -0.25) is 0 Å². The van der Waals surface area contributed by atoms with E-state index in [1.54, 1.807) is 7.11 Å². The molecule has 0 atom stereocenters. The van der Waals surface area contributed by atoms with Gasteiger partial charge in [-0.2, -0.15) is 0 Å². The number of rotatable bonds is 3. The first-order valence-electron chi connectivity index (χ1n) is 6.30. The van der Waals surface area contributed by atoms with E-state index in [1.807, 2.05) is 24.3 Å². The van der Waals surface area contributed by atoms with E-state index in [1.165, 1.54) is 0 Å². The lowest BCUT2D eigenvalue weighted by Crippen LogP contribution is -2.09. The Labute approximate surface area is 113 Å². The van der Waals surface area contributed by atoms with E-state index in [0.717, 1.165) is 29.1 Å². The van der Waals surface area contributed by atoms with Gasteiger partial charge >= 0.3 is 0 Å². The third-order valence-corrected chi connectivity index (χ3v) is 2.86. The van der Waals surface area contributed by atoms with Gasteiger partial charge in [0.15, 0.2) is 5.82 Å². The molecule has 0 unspecified atom stereocenters. The van der Waals surface area contributed by atoms with E-state index < -0.39 is 0 Å². The summed E-state index contributed by atoms with van der Waals surface area (Å²) < 4.78 is 10.8. The molecule has 0 saturated heterocycles. The Bertz CT molecular complexity index is 568. The number of nitrogen functional groups attached to an aromatic ring is 1. The Morgan fingerprint density at radius 2 is 1.95 bits per heavy atom. The van der Waals surface area contributed by atoms with Crippen molar-refractivity contribution >= 4 is 5.82 Å². The Morgan fingerprint density at radius 1 is 1.26 bits per heavy atom. The highest BCUT2D eigenvalue weighted by Crippen LogP contribution is 2.38. The minimum Gasteiger partial charge on any atom is -0.496 e. The maximum absolute atomic E-state index is 5.96. The number of ether oxygens (including phenoxy) is 1. The fourth-order valence-corrected chi connectivity index (χ4v) is 2.08. The molecule has 4 heteroatoms. The van der Waals surface area contributed by atoms with Crippen molar-refractivity contribution in [1.29, 1.82) is 0 Å². The van der Waals surface area contributed by atoms with Gasteiger partial charge in [0.25, 0.3) is 0 Å². The quantitative estimate of drug-likeness (QED) is 0.917. The van der Waals surface area contributed by atoms with Crippen molar-refractivity contribution in [3.05, 3.63) is 30.0 Å². The van der Waals surface area contributed by atoms with E-state index in [-0.39, 0.29) is 5.41 Å². The number of aromatic nitrogens is 1. The van der Waals surface area contributed by atoms with Crippen LogP contribution in [0.3, 0.4) is 0 Å². The average Bonchev–Trinajstić information content (AvgIpc) is 2.68. The molecule has 2 aromatic rings. The summed E-state index contributed by atoms with van der Waals surface area (Å²) in [6, 6.07) is 7.75. The van der Waals surface area contributed by atoms with Gasteiger partial charge in [-0.05, 0) is 11.5 Å². The molecule has 1 aromatic carbocycles. The lowest BCUT2D eigenvalue weighted by Gasteiger charge is -2.17. The summed E-state index contributed by atoms with van der Waals surface area (Å²) in [5, 5.41) is 3.90. The Hall–Kier alpha value is -1.97. The number of hydrogen-bond acceptors (Lipinski definition) is 4. The number of methoxy groups -OCH3 is 1. The zero-order valence-corrected chi connectivity index (χ0v) is 11.9. The number of benzene rings is 1. The fraction of sp³-hybridized carbons (Fsp3) is 0.400. The third-order valence-electron chi connectivity index (χ3n) is 2.86. The van der Waals surface area contributed by atoms with Crippen LogP contribution in [-0.2, 0) is 6.42 Å². The predicted molar refractivity (Wildman–Crippen MR) is 76.1 cm³/mol. The number of para-hydroxylation sites is 1. The molecule has 4 nitrogen and oxygen atoms in total. The molecule has 0 spiro atoms. The second kappa shape index (κ2) is 4.96. The molecule has 1 aromatic heterocycles. The molecule has 0 fully saturated rings. The summed E-state index contributed by atoms with van der Waals surface area (Å²) in [6.45, 7) is 6.45. The minimum absolute atomic E-state index is 0.0999. The zero-order valence-electron chi connectivity index (χ0n) is 11.9. The van der Waals surface area contributed by atoms with Crippen LogP contribution in [0.5, 0.6) is 5.75 Å². The molecule has 2 N–H and O–H groups in total. The normalized spacial score (nSPS) is 11.6. The molecular weight excluding hydrogens is 240 g/mol. The molecule has 0 bridgehead atoms. The van der Waals surface area contributed by atoms with Crippen LogP contribution in [0, 0.1) is 5.41 Å². The van der Waals surface area contributed by atoms with Crippen molar-refractivity contribution in [2.45, 2.75) is 27.2 Å². The Morgan fingerprint density at radius 3 is 2.58 bits per heavy atom. The fourth-order valence-electron chi connectivity index (χ4n) is 2.08. The van der Waals surface area contributed by atoms with Gasteiger partial charge in [0.1, 0.15) is 11.5 Å². The summed E-state index contributed by atoms with van der Waals surface area (Å²) in [6.07, 6.45) is 0.768. The van der Waals surface area contributed by atoms with Crippen LogP contribution in [0.15, 0.2) is 28.8 Å². The van der Waals surface area contributed by atoms with Crippen molar-refractivity contribution in [2.75, 3.05) is 12.8 Å². The largest absolute Gasteiger partial charge is 0.496 e. The number of hydrogen-bond donors (Lipinski definition) is 1. The SMILES string of the molecule is COc1ccccc1-c1c(N)noc1CC(C)(C)C. The molecule has 2 rings (SSSR count). The van der Waals surface area contributed by atoms with Gasteiger partial charge in [0.05, 0.1) is 12.7 Å². The molecule has 0 saturated carbocycles. The van der Waals surface area contributed by atoms with E-state index in [9.17, 15) is 0 Å².